The Hall–Kier alpha value is -6.14. The molecule has 0 bridgehead atoms. The summed E-state index contributed by atoms with van der Waals surface area (Å²) >= 11 is 0. The molecule has 0 amide bonds. The predicted molar refractivity (Wildman–Crippen MR) is 201 cm³/mol. The van der Waals surface area contributed by atoms with Gasteiger partial charge in [0.05, 0.1) is 27.9 Å². The Bertz CT molecular complexity index is 2530. The van der Waals surface area contributed by atoms with Crippen LogP contribution in [-0.4, -0.2) is 21.2 Å². The van der Waals surface area contributed by atoms with Crippen molar-refractivity contribution in [3.05, 3.63) is 151 Å². The first-order valence-electron chi connectivity index (χ1n) is 16.7. The third-order valence-electron chi connectivity index (χ3n) is 9.46. The third-order valence-corrected chi connectivity index (χ3v) is 9.46. The number of pyridine rings is 2. The van der Waals surface area contributed by atoms with Crippen molar-refractivity contribution >= 4 is 55.6 Å². The summed E-state index contributed by atoms with van der Waals surface area (Å²) in [6.45, 7) is 7.34. The number of hydrogen-bond acceptors (Lipinski definition) is 5. The van der Waals surface area contributed by atoms with Gasteiger partial charge in [0.1, 0.15) is 29.8 Å². The molecule has 6 heteroatoms. The van der Waals surface area contributed by atoms with Gasteiger partial charge in [-0.3, -0.25) is 4.57 Å². The molecule has 1 aliphatic rings. The Morgan fingerprint density at radius 1 is 0.592 bits per heavy atom. The maximum absolute atomic E-state index is 6.61. The van der Waals surface area contributed by atoms with Crippen LogP contribution in [0.5, 0.6) is 11.5 Å². The number of nitrogens with zero attached hydrogens (tertiary/aromatic N) is 5. The number of aromatic nitrogens is 3. The van der Waals surface area contributed by atoms with E-state index in [0.717, 1.165) is 67.5 Å². The zero-order chi connectivity index (χ0) is 33.1. The van der Waals surface area contributed by atoms with Crippen molar-refractivity contribution in [2.45, 2.75) is 26.2 Å². The van der Waals surface area contributed by atoms with Crippen LogP contribution in [0.2, 0.25) is 0 Å². The molecule has 0 radical (unpaired) electrons. The largest absolute Gasteiger partial charge is 0.457 e. The fourth-order valence-electron chi connectivity index (χ4n) is 6.96. The molecule has 0 saturated heterocycles. The van der Waals surface area contributed by atoms with E-state index in [4.69, 9.17) is 14.7 Å². The molecule has 0 spiro atoms. The zero-order valence-electron chi connectivity index (χ0n) is 27.7. The lowest BCUT2D eigenvalue weighted by molar-refractivity contribution is 0.483. The molecule has 9 rings (SSSR count). The minimum Gasteiger partial charge on any atom is -0.457 e. The number of benzene rings is 5. The van der Waals surface area contributed by atoms with E-state index in [1.807, 2.05) is 24.4 Å². The van der Waals surface area contributed by atoms with Gasteiger partial charge in [-0.15, -0.1) is 0 Å². The Kier molecular flexibility index (Phi) is 6.66. The fourth-order valence-corrected chi connectivity index (χ4v) is 6.96. The molecule has 8 aromatic rings. The van der Waals surface area contributed by atoms with E-state index in [9.17, 15) is 0 Å². The number of hydrogen-bond donors (Lipinski definition) is 0. The van der Waals surface area contributed by atoms with Crippen LogP contribution < -0.4 is 14.5 Å². The highest BCUT2D eigenvalue weighted by Gasteiger charge is 2.29. The van der Waals surface area contributed by atoms with E-state index >= 15 is 0 Å². The Morgan fingerprint density at radius 2 is 1.35 bits per heavy atom. The van der Waals surface area contributed by atoms with Crippen LogP contribution >= 0.6 is 0 Å². The number of ether oxygens (including phenoxy) is 1. The van der Waals surface area contributed by atoms with Gasteiger partial charge in [0.25, 0.3) is 0 Å². The monoisotopic (exact) mass is 637 g/mol. The second-order valence-corrected chi connectivity index (χ2v) is 13.6. The summed E-state index contributed by atoms with van der Waals surface area (Å²) in [5, 5.41) is 3.48. The lowest BCUT2D eigenvalue weighted by atomic mass is 9.88. The summed E-state index contributed by atoms with van der Waals surface area (Å²) in [6, 6.07) is 48.5. The quantitative estimate of drug-likeness (QED) is 0.188. The predicted octanol–water partition coefficient (Wildman–Crippen LogP) is 11.1. The van der Waals surface area contributed by atoms with Crippen molar-refractivity contribution < 1.29 is 4.74 Å². The van der Waals surface area contributed by atoms with E-state index in [2.05, 4.69) is 156 Å². The maximum Gasteiger partial charge on any atom is 0.137 e. The highest BCUT2D eigenvalue weighted by Crippen LogP contribution is 2.45. The van der Waals surface area contributed by atoms with E-state index in [0.29, 0.717) is 6.67 Å². The Labute approximate surface area is 285 Å². The van der Waals surface area contributed by atoms with E-state index in [-0.39, 0.29) is 5.41 Å². The number of rotatable bonds is 5. The lowest BCUT2D eigenvalue weighted by Gasteiger charge is -2.22. The second kappa shape index (κ2) is 11.2. The molecule has 4 heterocycles. The third kappa shape index (κ3) is 5.04. The zero-order valence-corrected chi connectivity index (χ0v) is 27.7. The average Bonchev–Trinajstić information content (AvgIpc) is 3.67. The lowest BCUT2D eigenvalue weighted by Crippen LogP contribution is -2.24. The van der Waals surface area contributed by atoms with Gasteiger partial charge in [-0.2, -0.15) is 0 Å². The molecule has 0 aliphatic carbocycles. The van der Waals surface area contributed by atoms with Gasteiger partial charge in [0, 0.05) is 40.2 Å². The summed E-state index contributed by atoms with van der Waals surface area (Å²) in [7, 11) is 0. The van der Waals surface area contributed by atoms with Crippen molar-refractivity contribution in [2.75, 3.05) is 16.5 Å². The average molecular weight is 638 g/mol. The molecular formula is C43H35N5O. The normalized spacial score (nSPS) is 13.0. The van der Waals surface area contributed by atoms with Crippen LogP contribution in [0.3, 0.4) is 0 Å². The molecule has 49 heavy (non-hydrogen) atoms. The molecule has 3 aromatic heterocycles. The Morgan fingerprint density at radius 3 is 2.22 bits per heavy atom. The minimum atomic E-state index is 0.00854. The van der Waals surface area contributed by atoms with Crippen molar-refractivity contribution in [1.82, 2.24) is 14.5 Å². The van der Waals surface area contributed by atoms with Gasteiger partial charge in [-0.05, 0) is 83.8 Å². The highest BCUT2D eigenvalue weighted by atomic mass is 16.5. The highest BCUT2D eigenvalue weighted by molar-refractivity contribution is 6.09. The maximum atomic E-state index is 6.61. The van der Waals surface area contributed by atoms with Crippen molar-refractivity contribution in [2.24, 2.45) is 0 Å². The smallest absolute Gasteiger partial charge is 0.137 e. The van der Waals surface area contributed by atoms with Crippen LogP contribution in [0.1, 0.15) is 26.3 Å². The first kappa shape index (κ1) is 29.0. The SMILES string of the molecule is CC(C)(C)c1ccnc(-n2c3ccccc3c3ccc(Oc4cccc(N5CN(c6ccc7ccccc7n6)c6ccccc65)c4)cc32)c1. The summed E-state index contributed by atoms with van der Waals surface area (Å²) in [4.78, 5) is 14.4. The minimum absolute atomic E-state index is 0.00854. The standard InChI is InChI=1S/C43H35N5O/c1-43(2,3)30-23-24-44-42(25-30)48-37-16-7-5-14-34(37)35-21-20-33(27-40(35)48)49-32-13-10-12-31(26-32)46-28-47(39-18-9-8-17-38(39)46)41-22-19-29-11-4-6-15-36(29)45-41/h4-27H,28H2,1-3H3. The molecule has 1 aliphatic heterocycles. The molecule has 6 nitrogen and oxygen atoms in total. The van der Waals surface area contributed by atoms with E-state index in [1.165, 1.54) is 10.9 Å². The fraction of sp³-hybridized carbons (Fsp3) is 0.116. The van der Waals surface area contributed by atoms with Gasteiger partial charge in [0.15, 0.2) is 0 Å². The van der Waals surface area contributed by atoms with Gasteiger partial charge in [-0.1, -0.05) is 75.4 Å². The molecule has 0 atom stereocenters. The van der Waals surface area contributed by atoms with Gasteiger partial charge < -0.3 is 14.5 Å². The molecule has 0 saturated carbocycles. The number of para-hydroxylation sites is 4. The van der Waals surface area contributed by atoms with Gasteiger partial charge in [0.2, 0.25) is 0 Å². The summed E-state index contributed by atoms with van der Waals surface area (Å²) < 4.78 is 8.86. The van der Waals surface area contributed by atoms with Gasteiger partial charge in [-0.25, -0.2) is 9.97 Å². The van der Waals surface area contributed by atoms with Crippen LogP contribution in [0.25, 0.3) is 38.5 Å². The van der Waals surface area contributed by atoms with Crippen molar-refractivity contribution in [3.63, 3.8) is 0 Å². The van der Waals surface area contributed by atoms with Crippen LogP contribution in [0, 0.1) is 0 Å². The van der Waals surface area contributed by atoms with Gasteiger partial charge >= 0.3 is 0 Å². The van der Waals surface area contributed by atoms with Crippen LogP contribution in [-0.2, 0) is 5.41 Å². The van der Waals surface area contributed by atoms with E-state index < -0.39 is 0 Å². The molecule has 0 unspecified atom stereocenters. The molecule has 0 N–H and O–H groups in total. The molecule has 5 aromatic carbocycles. The summed E-state index contributed by atoms with van der Waals surface area (Å²) in [6.07, 6.45) is 1.91. The van der Waals surface area contributed by atoms with E-state index in [1.54, 1.807) is 0 Å². The van der Waals surface area contributed by atoms with Crippen molar-refractivity contribution in [3.8, 4) is 17.3 Å². The van der Waals surface area contributed by atoms with Crippen molar-refractivity contribution in [1.29, 1.82) is 0 Å². The summed E-state index contributed by atoms with van der Waals surface area (Å²) in [5.41, 5.74) is 7.71. The number of fused-ring (bicyclic) bond motifs is 5. The molecular weight excluding hydrogens is 603 g/mol. The second-order valence-electron chi connectivity index (χ2n) is 13.6. The first-order valence-corrected chi connectivity index (χ1v) is 16.7. The topological polar surface area (TPSA) is 46.4 Å². The van der Waals surface area contributed by atoms with Crippen LogP contribution in [0.4, 0.5) is 22.9 Å². The first-order chi connectivity index (χ1) is 23.9. The Balaban J connectivity index is 1.07. The summed E-state index contributed by atoms with van der Waals surface area (Å²) in [5.74, 6) is 3.36. The number of anilines is 4. The molecule has 238 valence electrons. The van der Waals surface area contributed by atoms with Crippen LogP contribution in [0.15, 0.2) is 146 Å². The molecule has 0 fully saturated rings.